The van der Waals surface area contributed by atoms with E-state index in [-0.39, 0.29) is 6.04 Å². The molecule has 2 amide bonds. The van der Waals surface area contributed by atoms with Crippen molar-refractivity contribution >= 4 is 45.9 Å². The molecule has 3 rings (SSSR count). The van der Waals surface area contributed by atoms with Crippen molar-refractivity contribution in [1.29, 1.82) is 5.41 Å². The maximum atomic E-state index is 12.9. The van der Waals surface area contributed by atoms with E-state index in [0.29, 0.717) is 34.5 Å². The van der Waals surface area contributed by atoms with Crippen LogP contribution in [0.5, 0.6) is 0 Å². The Balaban J connectivity index is 1.81. The van der Waals surface area contributed by atoms with Crippen LogP contribution in [0.25, 0.3) is 0 Å². The van der Waals surface area contributed by atoms with Crippen molar-refractivity contribution in [2.45, 2.75) is 32.7 Å². The first-order valence-electron chi connectivity index (χ1n) is 9.04. The largest absolute Gasteiger partial charge is 0.390 e. The summed E-state index contributed by atoms with van der Waals surface area (Å²) in [7, 11) is 0. The van der Waals surface area contributed by atoms with E-state index in [1.54, 1.807) is 17.9 Å². The van der Waals surface area contributed by atoms with Gasteiger partial charge in [-0.1, -0.05) is 6.92 Å². The number of carbonyl (C=O) groups excluding carboxylic acids is 2. The van der Waals surface area contributed by atoms with Gasteiger partial charge in [0.1, 0.15) is 5.82 Å². The number of hydrogen-bond acceptors (Lipinski definition) is 7. The number of carbonyl (C=O) groups is 2. The van der Waals surface area contributed by atoms with Gasteiger partial charge in [0.25, 0.3) is 0 Å². The first-order chi connectivity index (χ1) is 13.3. The molecular formula is C19H24N6O2S. The fourth-order valence-corrected chi connectivity index (χ4v) is 4.41. The molecule has 8 nitrogen and oxygen atoms in total. The summed E-state index contributed by atoms with van der Waals surface area (Å²) in [6, 6.07) is 3.29. The third kappa shape index (κ3) is 3.99. The number of nitrogen functional groups attached to an aromatic ring is 2. The van der Waals surface area contributed by atoms with E-state index in [4.69, 9.17) is 16.9 Å². The SMILES string of the molecule is Cc1cc(NC(=O)C(=O)N2C[C@H](C)CC[C@H]2c2cc(C=N)c(N)s2)cnc1N. The first kappa shape index (κ1) is 19.8. The number of likely N-dealkylation sites (tertiary alicyclic amines) is 1. The number of piperidine rings is 1. The van der Waals surface area contributed by atoms with Gasteiger partial charge in [-0.3, -0.25) is 9.59 Å². The van der Waals surface area contributed by atoms with Gasteiger partial charge < -0.3 is 27.1 Å². The van der Waals surface area contributed by atoms with E-state index in [1.165, 1.54) is 23.7 Å². The third-order valence-electron chi connectivity index (χ3n) is 4.94. The van der Waals surface area contributed by atoms with Crippen molar-refractivity contribution in [3.8, 4) is 0 Å². The van der Waals surface area contributed by atoms with Crippen molar-refractivity contribution in [3.63, 3.8) is 0 Å². The van der Waals surface area contributed by atoms with E-state index < -0.39 is 11.8 Å². The van der Waals surface area contributed by atoms with Crippen molar-refractivity contribution in [2.75, 3.05) is 23.3 Å². The highest BCUT2D eigenvalue weighted by molar-refractivity contribution is 7.16. The molecule has 2 aromatic rings. The van der Waals surface area contributed by atoms with Gasteiger partial charge in [0.2, 0.25) is 0 Å². The lowest BCUT2D eigenvalue weighted by Gasteiger charge is -2.37. The summed E-state index contributed by atoms with van der Waals surface area (Å²) in [5.74, 6) is -0.615. The maximum absolute atomic E-state index is 12.9. The molecule has 1 aliphatic rings. The molecule has 9 heteroatoms. The molecular weight excluding hydrogens is 376 g/mol. The number of pyridine rings is 1. The average Bonchev–Trinajstić information content (AvgIpc) is 3.04. The Labute approximate surface area is 167 Å². The molecule has 0 bridgehead atoms. The number of aryl methyl sites for hydroxylation is 1. The van der Waals surface area contributed by atoms with Gasteiger partial charge in [0.15, 0.2) is 0 Å². The Bertz CT molecular complexity index is 925. The van der Waals surface area contributed by atoms with Gasteiger partial charge in [-0.05, 0) is 43.4 Å². The first-order valence-corrected chi connectivity index (χ1v) is 9.85. The molecule has 3 heterocycles. The number of aromatic nitrogens is 1. The Morgan fingerprint density at radius 2 is 2.11 bits per heavy atom. The predicted octanol–water partition coefficient (Wildman–Crippen LogP) is 2.55. The normalized spacial score (nSPS) is 19.3. The topological polar surface area (TPSA) is 138 Å². The number of anilines is 3. The standard InChI is InChI=1S/C19H24N6O2S/c1-10-3-4-14(15-6-12(7-20)17(22)28-15)25(9-10)19(27)18(26)24-13-5-11(2)16(21)23-8-13/h5-8,10,14,20H,3-4,9,22H2,1-2H3,(H2,21,23)(H,24,26)/t10-,14+/m1/s1. The van der Waals surface area contributed by atoms with Crippen LogP contribution >= 0.6 is 11.3 Å². The van der Waals surface area contributed by atoms with Crippen LogP contribution in [-0.4, -0.2) is 34.5 Å². The van der Waals surface area contributed by atoms with Crippen LogP contribution in [0.1, 0.15) is 41.8 Å². The highest BCUT2D eigenvalue weighted by Gasteiger charge is 2.35. The molecule has 28 heavy (non-hydrogen) atoms. The molecule has 0 unspecified atom stereocenters. The predicted molar refractivity (Wildman–Crippen MR) is 111 cm³/mol. The van der Waals surface area contributed by atoms with E-state index >= 15 is 0 Å². The van der Waals surface area contributed by atoms with Crippen LogP contribution in [0, 0.1) is 18.3 Å². The van der Waals surface area contributed by atoms with E-state index in [0.717, 1.165) is 23.3 Å². The smallest absolute Gasteiger partial charge is 0.313 e. The fraction of sp³-hybridized carbons (Fsp3) is 0.368. The van der Waals surface area contributed by atoms with Crippen molar-refractivity contribution in [1.82, 2.24) is 9.88 Å². The van der Waals surface area contributed by atoms with E-state index in [2.05, 4.69) is 17.2 Å². The number of nitrogens with two attached hydrogens (primary N) is 2. The highest BCUT2D eigenvalue weighted by atomic mass is 32.1. The zero-order chi connectivity index (χ0) is 20.4. The number of nitrogens with one attached hydrogen (secondary N) is 2. The lowest BCUT2D eigenvalue weighted by molar-refractivity contribution is -0.146. The summed E-state index contributed by atoms with van der Waals surface area (Å²) in [5.41, 5.74) is 13.5. The van der Waals surface area contributed by atoms with Crippen LogP contribution in [0.15, 0.2) is 18.3 Å². The quantitative estimate of drug-likeness (QED) is 0.463. The van der Waals surface area contributed by atoms with Gasteiger partial charge in [-0.25, -0.2) is 4.98 Å². The van der Waals surface area contributed by atoms with Crippen molar-refractivity contribution in [2.24, 2.45) is 5.92 Å². The van der Waals surface area contributed by atoms with Gasteiger partial charge >= 0.3 is 11.8 Å². The van der Waals surface area contributed by atoms with Gasteiger partial charge in [0, 0.05) is 23.2 Å². The molecule has 148 valence electrons. The molecule has 0 aromatic carbocycles. The lowest BCUT2D eigenvalue weighted by atomic mass is 9.93. The van der Waals surface area contributed by atoms with E-state index in [9.17, 15) is 9.59 Å². The molecule has 0 spiro atoms. The van der Waals surface area contributed by atoms with Crippen molar-refractivity contribution in [3.05, 3.63) is 34.3 Å². The number of rotatable bonds is 3. The average molecular weight is 401 g/mol. The van der Waals surface area contributed by atoms with Crippen LogP contribution in [0.2, 0.25) is 0 Å². The Morgan fingerprint density at radius 3 is 2.75 bits per heavy atom. The molecule has 1 fully saturated rings. The summed E-state index contributed by atoms with van der Waals surface area (Å²) in [4.78, 5) is 32.1. The second-order valence-electron chi connectivity index (χ2n) is 7.15. The minimum absolute atomic E-state index is 0.221. The molecule has 1 saturated heterocycles. The number of nitrogens with zero attached hydrogens (tertiary/aromatic N) is 2. The lowest BCUT2D eigenvalue weighted by Crippen LogP contribution is -2.46. The van der Waals surface area contributed by atoms with Crippen LogP contribution in [0.3, 0.4) is 0 Å². The molecule has 2 aromatic heterocycles. The fourth-order valence-electron chi connectivity index (χ4n) is 3.36. The number of amides is 2. The summed E-state index contributed by atoms with van der Waals surface area (Å²) in [6.45, 7) is 4.34. The molecule has 0 saturated carbocycles. The van der Waals surface area contributed by atoms with Crippen LogP contribution in [-0.2, 0) is 9.59 Å². The minimum Gasteiger partial charge on any atom is -0.390 e. The van der Waals surface area contributed by atoms with Gasteiger partial charge in [-0.15, -0.1) is 11.3 Å². The number of thiophene rings is 1. The van der Waals surface area contributed by atoms with E-state index in [1.807, 2.05) is 6.07 Å². The maximum Gasteiger partial charge on any atom is 0.313 e. The Hall–Kier alpha value is -2.94. The van der Waals surface area contributed by atoms with Crippen molar-refractivity contribution < 1.29 is 9.59 Å². The highest BCUT2D eigenvalue weighted by Crippen LogP contribution is 2.39. The van der Waals surface area contributed by atoms with Crippen LogP contribution in [0.4, 0.5) is 16.5 Å². The van der Waals surface area contributed by atoms with Crippen LogP contribution < -0.4 is 16.8 Å². The van der Waals surface area contributed by atoms with Gasteiger partial charge in [-0.2, -0.15) is 0 Å². The summed E-state index contributed by atoms with van der Waals surface area (Å²) >= 11 is 1.36. The number of hydrogen-bond donors (Lipinski definition) is 4. The monoisotopic (exact) mass is 400 g/mol. The summed E-state index contributed by atoms with van der Waals surface area (Å²) in [5, 5.41) is 10.6. The molecule has 2 atom stereocenters. The zero-order valence-electron chi connectivity index (χ0n) is 15.9. The molecule has 0 aliphatic carbocycles. The zero-order valence-corrected chi connectivity index (χ0v) is 16.7. The Kier molecular flexibility index (Phi) is 5.64. The third-order valence-corrected chi connectivity index (χ3v) is 6.02. The van der Waals surface area contributed by atoms with Gasteiger partial charge in [0.05, 0.1) is 22.9 Å². The second kappa shape index (κ2) is 7.97. The molecule has 0 radical (unpaired) electrons. The minimum atomic E-state index is -0.707. The second-order valence-corrected chi connectivity index (χ2v) is 8.26. The molecule has 1 aliphatic heterocycles. The Morgan fingerprint density at radius 1 is 1.36 bits per heavy atom. The molecule has 6 N–H and O–H groups in total. The summed E-state index contributed by atoms with van der Waals surface area (Å²) in [6.07, 6.45) is 4.34. The summed E-state index contributed by atoms with van der Waals surface area (Å²) < 4.78 is 0.